The minimum Gasteiger partial charge on any atom is -0.756 e. The molecule has 0 spiro atoms. The molecule has 0 N–H and O–H groups in total. The van der Waals surface area contributed by atoms with Gasteiger partial charge in [-0.3, -0.25) is 14.2 Å². The van der Waals surface area contributed by atoms with Gasteiger partial charge in [0.15, 0.2) is 6.10 Å². The second-order valence-electron chi connectivity index (χ2n) is 29.5. The number of ether oxygens (including phenoxy) is 2. The van der Waals surface area contributed by atoms with Crippen molar-refractivity contribution in [2.24, 2.45) is 0 Å². The molecule has 0 aromatic carbocycles. The molecule has 0 rings (SSSR count). The van der Waals surface area contributed by atoms with Gasteiger partial charge in [0.25, 0.3) is 7.82 Å². The van der Waals surface area contributed by atoms with Crippen molar-refractivity contribution in [2.75, 3.05) is 47.5 Å². The fourth-order valence-corrected chi connectivity index (χ4v) is 13.0. The zero-order valence-electron chi connectivity index (χ0n) is 65.2. The predicted octanol–water partition coefficient (Wildman–Crippen LogP) is 27.5. The average molecular weight is 1390 g/mol. The highest BCUT2D eigenvalue weighted by Gasteiger charge is 2.22. The number of quaternary nitrogens is 1. The van der Waals surface area contributed by atoms with Gasteiger partial charge in [0.2, 0.25) is 0 Å². The molecular weight excluding hydrogens is 1230 g/mol. The van der Waals surface area contributed by atoms with Gasteiger partial charge in [0, 0.05) is 12.8 Å². The monoisotopic (exact) mass is 1390 g/mol. The molecule has 2 unspecified atom stereocenters. The first-order valence-electron chi connectivity index (χ1n) is 41.9. The normalized spacial score (nSPS) is 13.5. The van der Waals surface area contributed by atoms with Crippen molar-refractivity contribution in [3.63, 3.8) is 0 Å². The number of rotatable bonds is 78. The van der Waals surface area contributed by atoms with E-state index in [1.807, 2.05) is 21.1 Å². The Kier molecular flexibility index (Phi) is 75.6. The molecule has 0 amide bonds. The van der Waals surface area contributed by atoms with Gasteiger partial charge in [-0.1, -0.05) is 387 Å². The first-order valence-corrected chi connectivity index (χ1v) is 43.4. The second-order valence-corrected chi connectivity index (χ2v) is 30.9. The smallest absolute Gasteiger partial charge is 0.306 e. The maximum Gasteiger partial charge on any atom is 0.306 e. The summed E-state index contributed by atoms with van der Waals surface area (Å²) in [6.07, 6.45) is 110. The van der Waals surface area contributed by atoms with E-state index in [4.69, 9.17) is 18.5 Å². The van der Waals surface area contributed by atoms with E-state index in [9.17, 15) is 19.0 Å². The summed E-state index contributed by atoms with van der Waals surface area (Å²) in [5, 5.41) is 0. The van der Waals surface area contributed by atoms with Crippen molar-refractivity contribution in [1.29, 1.82) is 0 Å². The highest BCUT2D eigenvalue weighted by Crippen LogP contribution is 2.38. The van der Waals surface area contributed by atoms with Crippen molar-refractivity contribution in [1.82, 2.24) is 0 Å². The number of hydrogen-bond acceptors (Lipinski definition) is 8. The zero-order chi connectivity index (χ0) is 71.1. The molecule has 0 radical (unpaired) electrons. The fraction of sp³-hybridized carbons (Fsp3) is 0.795. The summed E-state index contributed by atoms with van der Waals surface area (Å²) < 4.78 is 34.5. The van der Waals surface area contributed by atoms with Gasteiger partial charge in [-0.05, 0) is 96.3 Å². The molecule has 0 bridgehead atoms. The Morgan fingerprint density at radius 3 is 0.867 bits per heavy atom. The van der Waals surface area contributed by atoms with Gasteiger partial charge >= 0.3 is 11.9 Å². The van der Waals surface area contributed by atoms with Crippen LogP contribution in [-0.2, 0) is 32.7 Å². The third-order valence-corrected chi connectivity index (χ3v) is 19.6. The van der Waals surface area contributed by atoms with Crippen LogP contribution in [0.1, 0.15) is 399 Å². The molecule has 0 aliphatic rings. The maximum absolute atomic E-state index is 12.9. The molecule has 0 fully saturated rings. The lowest BCUT2D eigenvalue weighted by molar-refractivity contribution is -0.870. The van der Waals surface area contributed by atoms with E-state index in [1.54, 1.807) is 0 Å². The fourth-order valence-electron chi connectivity index (χ4n) is 12.2. The topological polar surface area (TPSA) is 111 Å². The first kappa shape index (κ1) is 94.9. The molecule has 0 aliphatic carbocycles. The van der Waals surface area contributed by atoms with Gasteiger partial charge in [0.1, 0.15) is 19.8 Å². The third kappa shape index (κ3) is 81.9. The van der Waals surface area contributed by atoms with Crippen LogP contribution in [0.25, 0.3) is 0 Å². The molecule has 2 atom stereocenters. The largest absolute Gasteiger partial charge is 0.756 e. The number of phosphoric ester groups is 1. The molecule has 9 nitrogen and oxygen atoms in total. The van der Waals surface area contributed by atoms with Crippen LogP contribution < -0.4 is 4.89 Å². The number of likely N-dealkylation sites (N-methyl/N-ethyl adjacent to an activating group) is 1. The Balaban J connectivity index is 3.91. The Morgan fingerprint density at radius 2 is 0.582 bits per heavy atom. The summed E-state index contributed by atoms with van der Waals surface area (Å²) in [5.74, 6) is -0.814. The van der Waals surface area contributed by atoms with E-state index >= 15 is 0 Å². The molecule has 0 heterocycles. The summed E-state index contributed by atoms with van der Waals surface area (Å²) in [6, 6.07) is 0. The van der Waals surface area contributed by atoms with E-state index in [2.05, 4.69) is 111 Å². The minimum atomic E-state index is -4.65. The zero-order valence-corrected chi connectivity index (χ0v) is 66.1. The molecular formula is C88H160NO8P. The summed E-state index contributed by atoms with van der Waals surface area (Å²) >= 11 is 0. The number of carbonyl (C=O) groups excluding carboxylic acids is 2. The minimum absolute atomic E-state index is 0.0305. The van der Waals surface area contributed by atoms with Crippen molar-refractivity contribution >= 4 is 19.8 Å². The second kappa shape index (κ2) is 78.1. The van der Waals surface area contributed by atoms with Crippen molar-refractivity contribution in [3.05, 3.63) is 97.2 Å². The highest BCUT2D eigenvalue weighted by molar-refractivity contribution is 7.45. The van der Waals surface area contributed by atoms with E-state index in [0.29, 0.717) is 17.4 Å². The van der Waals surface area contributed by atoms with Crippen molar-refractivity contribution in [3.8, 4) is 0 Å². The van der Waals surface area contributed by atoms with Crippen LogP contribution in [0.15, 0.2) is 97.2 Å². The van der Waals surface area contributed by atoms with Gasteiger partial charge in [-0.15, -0.1) is 0 Å². The quantitative estimate of drug-likeness (QED) is 0.0195. The number of allylic oxidation sites excluding steroid dienone is 16. The Labute approximate surface area is 608 Å². The number of hydrogen-bond donors (Lipinski definition) is 0. The standard InChI is InChI=1S/C88H160NO8P/c1-6-8-10-12-14-16-18-20-22-24-26-28-30-32-34-36-38-40-42-44-46-48-50-52-54-56-58-60-62-64-66-68-70-72-74-76-78-80-87(90)94-84-86(85-96-98(92,93)95-83-82-89(3,4)5)97-88(91)81-79-77-75-73-71-69-67-65-63-61-59-57-55-53-51-49-47-45-43-41-39-37-35-33-31-29-27-25-23-21-19-17-15-13-11-9-7-2/h9,11,15,17-18,20-21,23-24,26-27,29,33,35,39,41,86H,6-8,10,12-14,16,19,22,25,28,30-32,34,36-38,40,42-85H2,1-5H3/b11-9-,17-15-,20-18-,23-21-,26-24-,29-27-,35-33-,41-39-. The first-order chi connectivity index (χ1) is 48.0. The summed E-state index contributed by atoms with van der Waals surface area (Å²) in [5.41, 5.74) is 0. The molecule has 0 aromatic heterocycles. The number of unbranched alkanes of at least 4 members (excludes halogenated alkanes) is 48. The van der Waals surface area contributed by atoms with Crippen LogP contribution in [0, 0.1) is 0 Å². The van der Waals surface area contributed by atoms with Gasteiger partial charge in [-0.2, -0.15) is 0 Å². The molecule has 10 heteroatoms. The van der Waals surface area contributed by atoms with E-state index < -0.39 is 26.5 Å². The third-order valence-electron chi connectivity index (χ3n) is 18.6. The average Bonchev–Trinajstić information content (AvgIpc) is 1.08. The van der Waals surface area contributed by atoms with Crippen LogP contribution in [0.4, 0.5) is 0 Å². The van der Waals surface area contributed by atoms with Crippen LogP contribution in [0.5, 0.6) is 0 Å². The van der Waals surface area contributed by atoms with Crippen LogP contribution in [-0.4, -0.2) is 70.0 Å². The number of nitrogens with zero attached hydrogens (tertiary/aromatic N) is 1. The van der Waals surface area contributed by atoms with E-state index in [-0.39, 0.29) is 32.0 Å². The van der Waals surface area contributed by atoms with E-state index in [0.717, 1.165) is 83.5 Å². The Morgan fingerprint density at radius 1 is 0.327 bits per heavy atom. The molecule has 0 saturated heterocycles. The number of phosphoric acid groups is 1. The molecule has 98 heavy (non-hydrogen) atoms. The van der Waals surface area contributed by atoms with Crippen molar-refractivity contribution < 1.29 is 42.1 Å². The maximum atomic E-state index is 12.9. The summed E-state index contributed by atoms with van der Waals surface area (Å²) in [4.78, 5) is 38.2. The van der Waals surface area contributed by atoms with Crippen LogP contribution >= 0.6 is 7.82 Å². The Hall–Kier alpha value is -3.07. The van der Waals surface area contributed by atoms with Crippen LogP contribution in [0.2, 0.25) is 0 Å². The summed E-state index contributed by atoms with van der Waals surface area (Å²) in [6.45, 7) is 4.17. The molecule has 570 valence electrons. The lowest BCUT2D eigenvalue weighted by Crippen LogP contribution is -2.37. The summed E-state index contributed by atoms with van der Waals surface area (Å²) in [7, 11) is 1.18. The van der Waals surface area contributed by atoms with Crippen LogP contribution in [0.3, 0.4) is 0 Å². The molecule has 0 aliphatic heterocycles. The SMILES string of the molecule is CC/C=C\C/C=C\C/C=C\C/C=C\C/C=C\C/C=C\CCCCCCCCCCCCCCCCCCCCC(=O)OC(COC(=O)CCCCCCCCCCCCCCCCCCCCCCCCCCC/C=C\C/C=C\CCCCCCC)COP(=O)([O-])OCC[N+](C)(C)C. The Bertz CT molecular complexity index is 1980. The van der Waals surface area contributed by atoms with Gasteiger partial charge in [-0.25, -0.2) is 0 Å². The van der Waals surface area contributed by atoms with Crippen molar-refractivity contribution in [2.45, 2.75) is 405 Å². The van der Waals surface area contributed by atoms with Gasteiger partial charge in [0.05, 0.1) is 27.7 Å². The lowest BCUT2D eigenvalue weighted by Gasteiger charge is -2.28. The molecule has 0 saturated carbocycles. The molecule has 0 aromatic rings. The van der Waals surface area contributed by atoms with Gasteiger partial charge < -0.3 is 27.9 Å². The lowest BCUT2D eigenvalue weighted by atomic mass is 10.0. The predicted molar refractivity (Wildman–Crippen MR) is 425 cm³/mol. The highest BCUT2D eigenvalue weighted by atomic mass is 31.2. The number of carbonyl (C=O) groups is 2. The van der Waals surface area contributed by atoms with E-state index in [1.165, 1.54) is 283 Å². The number of esters is 2.